The van der Waals surface area contributed by atoms with Gasteiger partial charge in [0.25, 0.3) is 5.91 Å². The van der Waals surface area contributed by atoms with Crippen molar-refractivity contribution in [1.29, 1.82) is 0 Å². The first kappa shape index (κ1) is 23.3. The molecule has 2 aliphatic rings. The number of nitrogens with one attached hydrogen (secondary N) is 1. The van der Waals surface area contributed by atoms with Crippen LogP contribution in [0.3, 0.4) is 0 Å². The molecule has 2 amide bonds. The lowest BCUT2D eigenvalue weighted by Crippen LogP contribution is -2.45. The number of anilines is 1. The summed E-state index contributed by atoms with van der Waals surface area (Å²) >= 11 is 3.47. The number of rotatable bonds is 4. The molecule has 3 aromatic carbocycles. The molecule has 184 valence electrons. The normalized spacial score (nSPS) is 21.6. The Labute approximate surface area is 217 Å². The average Bonchev–Trinajstić information content (AvgIpc) is 3.44. The number of halogens is 1. The molecule has 2 saturated heterocycles. The number of carbonyl (C=O) groups excluding carboxylic acids is 2. The molecule has 0 spiro atoms. The van der Waals surface area contributed by atoms with E-state index < -0.39 is 0 Å². The van der Waals surface area contributed by atoms with Gasteiger partial charge in [0, 0.05) is 45.5 Å². The van der Waals surface area contributed by atoms with Gasteiger partial charge >= 0.3 is 0 Å². The van der Waals surface area contributed by atoms with E-state index in [0.29, 0.717) is 19.1 Å². The van der Waals surface area contributed by atoms with E-state index >= 15 is 0 Å². The molecule has 4 aromatic rings. The second kappa shape index (κ2) is 9.37. The molecule has 2 aliphatic heterocycles. The van der Waals surface area contributed by atoms with E-state index in [9.17, 15) is 9.59 Å². The largest absolute Gasteiger partial charge is 0.456 e. The molecule has 0 aliphatic carbocycles. The van der Waals surface area contributed by atoms with E-state index in [-0.39, 0.29) is 30.3 Å². The van der Waals surface area contributed by atoms with Crippen LogP contribution in [0, 0.1) is 18.8 Å². The van der Waals surface area contributed by atoms with Gasteiger partial charge in [-0.2, -0.15) is 0 Å². The Kier molecular flexibility index (Phi) is 6.05. The predicted octanol–water partition coefficient (Wildman–Crippen LogP) is 6.16. The smallest absolute Gasteiger partial charge is 0.254 e. The van der Waals surface area contributed by atoms with Gasteiger partial charge in [-0.15, -0.1) is 0 Å². The molecule has 6 nitrogen and oxygen atoms in total. The number of aryl methyl sites for hydroxylation is 1. The van der Waals surface area contributed by atoms with Gasteiger partial charge < -0.3 is 19.4 Å². The van der Waals surface area contributed by atoms with Crippen LogP contribution in [0.2, 0.25) is 0 Å². The summed E-state index contributed by atoms with van der Waals surface area (Å²) in [5.41, 5.74) is 4.05. The number of hydrogen-bond donors (Lipinski definition) is 1. The molecule has 0 bridgehead atoms. The maximum absolute atomic E-state index is 13.3. The summed E-state index contributed by atoms with van der Waals surface area (Å²) in [6, 6.07) is 19.4. The Morgan fingerprint density at radius 1 is 1.06 bits per heavy atom. The van der Waals surface area contributed by atoms with Gasteiger partial charge in [0.1, 0.15) is 11.2 Å². The average molecular weight is 547 g/mol. The number of fused-ring (bicyclic) bond motifs is 4. The number of likely N-dealkylation sites (tertiary alicyclic amines) is 1. The van der Waals surface area contributed by atoms with Crippen LogP contribution in [0.25, 0.3) is 21.9 Å². The van der Waals surface area contributed by atoms with Crippen LogP contribution in [0.4, 0.5) is 5.69 Å². The second-order valence-corrected chi connectivity index (χ2v) is 10.8. The molecule has 6 rings (SSSR count). The quantitative estimate of drug-likeness (QED) is 0.332. The van der Waals surface area contributed by atoms with Crippen molar-refractivity contribution in [2.75, 3.05) is 25.0 Å². The summed E-state index contributed by atoms with van der Waals surface area (Å²) in [5.74, 6) is 0.505. The van der Waals surface area contributed by atoms with Gasteiger partial charge in [-0.05, 0) is 67.3 Å². The number of nitrogens with zero attached hydrogens (tertiary/aromatic N) is 1. The third-order valence-corrected chi connectivity index (χ3v) is 8.05. The number of para-hydroxylation sites is 1. The molecule has 2 fully saturated rings. The van der Waals surface area contributed by atoms with Crippen molar-refractivity contribution in [2.45, 2.75) is 25.9 Å². The molecule has 3 atom stereocenters. The van der Waals surface area contributed by atoms with Crippen molar-refractivity contribution in [3.8, 4) is 0 Å². The minimum absolute atomic E-state index is 0.0502. The Morgan fingerprint density at radius 3 is 2.75 bits per heavy atom. The summed E-state index contributed by atoms with van der Waals surface area (Å²) in [7, 11) is 0. The number of amides is 2. The molecule has 1 aromatic heterocycles. The summed E-state index contributed by atoms with van der Waals surface area (Å²) in [6.45, 7) is 3.94. The highest BCUT2D eigenvalue weighted by Gasteiger charge is 2.42. The van der Waals surface area contributed by atoms with E-state index in [0.717, 1.165) is 56.2 Å². The van der Waals surface area contributed by atoms with Gasteiger partial charge in [0.2, 0.25) is 5.91 Å². The van der Waals surface area contributed by atoms with E-state index in [2.05, 4.69) is 21.2 Å². The van der Waals surface area contributed by atoms with Crippen LogP contribution >= 0.6 is 15.9 Å². The first-order valence-electron chi connectivity index (χ1n) is 12.3. The summed E-state index contributed by atoms with van der Waals surface area (Å²) in [6.07, 6.45) is 0.967. The second-order valence-electron chi connectivity index (χ2n) is 9.86. The van der Waals surface area contributed by atoms with Gasteiger partial charge in [0.05, 0.1) is 19.1 Å². The van der Waals surface area contributed by atoms with Crippen molar-refractivity contribution in [2.24, 2.45) is 11.8 Å². The fraction of sp³-hybridized carbons (Fsp3) is 0.310. The van der Waals surface area contributed by atoms with Crippen LogP contribution in [-0.2, 0) is 9.53 Å². The van der Waals surface area contributed by atoms with Crippen molar-refractivity contribution in [3.05, 3.63) is 76.3 Å². The predicted molar refractivity (Wildman–Crippen MR) is 143 cm³/mol. The number of benzene rings is 3. The third kappa shape index (κ3) is 4.31. The highest BCUT2D eigenvalue weighted by Crippen LogP contribution is 2.37. The Balaban J connectivity index is 1.13. The fourth-order valence-corrected chi connectivity index (χ4v) is 6.14. The Hall–Kier alpha value is -3.16. The molecule has 3 heterocycles. The van der Waals surface area contributed by atoms with Crippen LogP contribution in [0.15, 0.2) is 69.6 Å². The van der Waals surface area contributed by atoms with Gasteiger partial charge in [-0.25, -0.2) is 0 Å². The molecule has 1 N–H and O–H groups in total. The number of furan rings is 1. The highest BCUT2D eigenvalue weighted by atomic mass is 79.9. The first-order chi connectivity index (χ1) is 17.5. The van der Waals surface area contributed by atoms with Crippen LogP contribution in [0.1, 0.15) is 28.8 Å². The zero-order chi connectivity index (χ0) is 24.8. The SMILES string of the molecule is Cc1cc(Br)ccc1C(=O)N1CC[C@H]2COC(CC(=O)Nc3ccc4oc5ccccc5c4c3)[C@H]2C1. The zero-order valence-electron chi connectivity index (χ0n) is 20.0. The Morgan fingerprint density at radius 2 is 1.89 bits per heavy atom. The minimum atomic E-state index is -0.199. The van der Waals surface area contributed by atoms with E-state index in [1.54, 1.807) is 0 Å². The maximum atomic E-state index is 13.3. The standard InChI is InChI=1S/C29H27BrN2O4/c1-17-12-19(30)6-8-21(17)29(34)32-11-10-18-16-35-27(24(18)15-32)14-28(33)31-20-7-9-26-23(13-20)22-4-2-3-5-25(22)36-26/h2-9,12-13,18,24,27H,10-11,14-16H2,1H3,(H,31,33)/t18-,24-,27?/m0/s1. The van der Waals surface area contributed by atoms with Crippen LogP contribution in [0.5, 0.6) is 0 Å². The van der Waals surface area contributed by atoms with Gasteiger partial charge in [-0.1, -0.05) is 34.1 Å². The minimum Gasteiger partial charge on any atom is -0.456 e. The summed E-state index contributed by atoms with van der Waals surface area (Å²) in [5, 5.41) is 5.04. The van der Waals surface area contributed by atoms with Gasteiger partial charge in [0.15, 0.2) is 0 Å². The van der Waals surface area contributed by atoms with E-state index in [4.69, 9.17) is 9.15 Å². The topological polar surface area (TPSA) is 71.8 Å². The lowest BCUT2D eigenvalue weighted by atomic mass is 9.83. The lowest BCUT2D eigenvalue weighted by Gasteiger charge is -2.36. The van der Waals surface area contributed by atoms with E-state index in [1.807, 2.05) is 72.5 Å². The first-order valence-corrected chi connectivity index (χ1v) is 13.1. The molecule has 0 radical (unpaired) electrons. The number of carbonyl (C=O) groups is 2. The number of hydrogen-bond acceptors (Lipinski definition) is 4. The fourth-order valence-electron chi connectivity index (χ4n) is 5.66. The third-order valence-electron chi connectivity index (χ3n) is 7.56. The van der Waals surface area contributed by atoms with Crippen LogP contribution in [-0.4, -0.2) is 42.5 Å². The van der Waals surface area contributed by atoms with Crippen molar-refractivity contribution in [1.82, 2.24) is 4.90 Å². The molecule has 7 heteroatoms. The Bertz CT molecular complexity index is 1480. The number of piperidine rings is 1. The summed E-state index contributed by atoms with van der Waals surface area (Å²) < 4.78 is 12.9. The molecule has 36 heavy (non-hydrogen) atoms. The number of ether oxygens (including phenoxy) is 1. The molecule has 1 unspecified atom stereocenters. The molecular formula is C29H27BrN2O4. The maximum Gasteiger partial charge on any atom is 0.254 e. The lowest BCUT2D eigenvalue weighted by molar-refractivity contribution is -0.118. The van der Waals surface area contributed by atoms with Crippen LogP contribution < -0.4 is 5.32 Å². The van der Waals surface area contributed by atoms with Crippen molar-refractivity contribution in [3.63, 3.8) is 0 Å². The highest BCUT2D eigenvalue weighted by molar-refractivity contribution is 9.10. The van der Waals surface area contributed by atoms with E-state index in [1.165, 1.54) is 0 Å². The molecule has 0 saturated carbocycles. The monoisotopic (exact) mass is 546 g/mol. The van der Waals surface area contributed by atoms with Crippen molar-refractivity contribution >= 4 is 55.4 Å². The summed E-state index contributed by atoms with van der Waals surface area (Å²) in [4.78, 5) is 28.2. The molecular weight excluding hydrogens is 520 g/mol. The van der Waals surface area contributed by atoms with Crippen molar-refractivity contribution < 1.29 is 18.7 Å². The zero-order valence-corrected chi connectivity index (χ0v) is 21.6. The van der Waals surface area contributed by atoms with Gasteiger partial charge in [-0.3, -0.25) is 9.59 Å².